The second-order valence-corrected chi connectivity index (χ2v) is 5.86. The van der Waals surface area contributed by atoms with E-state index >= 15 is 0 Å². The lowest BCUT2D eigenvalue weighted by Crippen LogP contribution is -2.41. The number of likely N-dealkylation sites (tertiary alicyclic amines) is 1. The number of carbonyl (C=O) groups is 2. The van der Waals surface area contributed by atoms with E-state index in [1.807, 2.05) is 13.0 Å². The number of nitrogens with two attached hydrogens (primary N) is 1. The van der Waals surface area contributed by atoms with E-state index in [9.17, 15) is 9.59 Å². The van der Waals surface area contributed by atoms with Crippen LogP contribution in [0.25, 0.3) is 0 Å². The van der Waals surface area contributed by atoms with Gasteiger partial charge in [-0.25, -0.2) is 9.59 Å². The molecule has 1 fully saturated rings. The molecule has 1 aromatic rings. The molecule has 2 amide bonds. The molecule has 0 radical (unpaired) electrons. The zero-order valence-electron chi connectivity index (χ0n) is 11.3. The fraction of sp³-hybridized carbons (Fsp3) is 0.429. The highest BCUT2D eigenvalue weighted by Crippen LogP contribution is 2.19. The SMILES string of the molecule is Cc1cc(Br)cc(C(=O)OC[C@H]2CCCN2C(N)=O)c1. The summed E-state index contributed by atoms with van der Waals surface area (Å²) >= 11 is 3.35. The number of esters is 1. The maximum absolute atomic E-state index is 12.0. The first-order valence-corrected chi connectivity index (χ1v) is 7.27. The van der Waals surface area contributed by atoms with Gasteiger partial charge in [0.1, 0.15) is 6.61 Å². The Bertz CT molecular complexity index is 513. The first-order chi connectivity index (χ1) is 9.47. The van der Waals surface area contributed by atoms with Crippen molar-refractivity contribution in [1.29, 1.82) is 0 Å². The van der Waals surface area contributed by atoms with E-state index < -0.39 is 6.03 Å². The van der Waals surface area contributed by atoms with Gasteiger partial charge in [-0.15, -0.1) is 0 Å². The monoisotopic (exact) mass is 340 g/mol. The van der Waals surface area contributed by atoms with Gasteiger partial charge >= 0.3 is 12.0 Å². The smallest absolute Gasteiger partial charge is 0.338 e. The van der Waals surface area contributed by atoms with Gasteiger partial charge < -0.3 is 15.4 Å². The number of hydrogen-bond donors (Lipinski definition) is 1. The standard InChI is InChI=1S/C14H17BrN2O3/c1-9-5-10(7-11(15)6-9)13(18)20-8-12-3-2-4-17(12)14(16)19/h5-7,12H,2-4,8H2,1H3,(H2,16,19)/t12-/m1/s1. The molecule has 2 N–H and O–H groups in total. The highest BCUT2D eigenvalue weighted by atomic mass is 79.9. The van der Waals surface area contributed by atoms with Crippen LogP contribution in [0, 0.1) is 6.92 Å². The average molecular weight is 341 g/mol. The van der Waals surface area contributed by atoms with E-state index in [2.05, 4.69) is 15.9 Å². The summed E-state index contributed by atoms with van der Waals surface area (Å²) < 4.78 is 6.13. The van der Waals surface area contributed by atoms with Crippen LogP contribution in [0.3, 0.4) is 0 Å². The molecule has 0 saturated carbocycles. The largest absolute Gasteiger partial charge is 0.460 e. The molecule has 1 heterocycles. The Morgan fingerprint density at radius 3 is 2.85 bits per heavy atom. The van der Waals surface area contributed by atoms with Crippen LogP contribution in [0.15, 0.2) is 22.7 Å². The molecule has 0 aliphatic carbocycles. The summed E-state index contributed by atoms with van der Waals surface area (Å²) in [6.45, 7) is 2.73. The molecule has 1 aliphatic heterocycles. The molecule has 1 aliphatic rings. The van der Waals surface area contributed by atoms with Crippen molar-refractivity contribution < 1.29 is 14.3 Å². The van der Waals surface area contributed by atoms with Crippen LogP contribution in [0.1, 0.15) is 28.8 Å². The molecule has 108 valence electrons. The van der Waals surface area contributed by atoms with E-state index in [1.165, 1.54) is 0 Å². The second-order valence-electron chi connectivity index (χ2n) is 4.94. The van der Waals surface area contributed by atoms with Gasteiger partial charge in [0.2, 0.25) is 0 Å². The Hall–Kier alpha value is -1.56. The van der Waals surface area contributed by atoms with Gasteiger partial charge in [-0.1, -0.05) is 15.9 Å². The first-order valence-electron chi connectivity index (χ1n) is 6.48. The first kappa shape index (κ1) is 14.8. The highest BCUT2D eigenvalue weighted by Gasteiger charge is 2.28. The van der Waals surface area contributed by atoms with Crippen LogP contribution >= 0.6 is 15.9 Å². The van der Waals surface area contributed by atoms with Gasteiger partial charge in [-0.2, -0.15) is 0 Å². The fourth-order valence-electron chi connectivity index (χ4n) is 2.41. The third kappa shape index (κ3) is 3.50. The molecule has 1 saturated heterocycles. The lowest BCUT2D eigenvalue weighted by atomic mass is 10.1. The van der Waals surface area contributed by atoms with Crippen molar-refractivity contribution in [1.82, 2.24) is 4.90 Å². The maximum Gasteiger partial charge on any atom is 0.338 e. The number of rotatable bonds is 3. The lowest BCUT2D eigenvalue weighted by Gasteiger charge is -2.22. The number of aryl methyl sites for hydroxylation is 1. The third-order valence-corrected chi connectivity index (χ3v) is 3.80. The van der Waals surface area contributed by atoms with Crippen LogP contribution in [0.5, 0.6) is 0 Å². The van der Waals surface area contributed by atoms with Crippen molar-refractivity contribution in [3.05, 3.63) is 33.8 Å². The van der Waals surface area contributed by atoms with Crippen molar-refractivity contribution in [3.8, 4) is 0 Å². The predicted molar refractivity (Wildman–Crippen MR) is 78.5 cm³/mol. The van der Waals surface area contributed by atoms with Gasteiger partial charge in [0.05, 0.1) is 11.6 Å². The van der Waals surface area contributed by atoms with Crippen molar-refractivity contribution >= 4 is 27.9 Å². The predicted octanol–water partition coefficient (Wildman–Crippen LogP) is 2.46. The number of amides is 2. The van der Waals surface area contributed by atoms with E-state index in [-0.39, 0.29) is 18.6 Å². The minimum absolute atomic E-state index is 0.107. The minimum atomic E-state index is -0.457. The van der Waals surface area contributed by atoms with Crippen molar-refractivity contribution in [3.63, 3.8) is 0 Å². The molecule has 6 heteroatoms. The zero-order chi connectivity index (χ0) is 14.7. The molecule has 0 unspecified atom stereocenters. The summed E-state index contributed by atoms with van der Waals surface area (Å²) in [7, 11) is 0. The normalized spacial score (nSPS) is 18.1. The van der Waals surface area contributed by atoms with Gasteiger partial charge in [0.15, 0.2) is 0 Å². The average Bonchev–Trinajstić information content (AvgIpc) is 2.83. The van der Waals surface area contributed by atoms with Crippen molar-refractivity contribution in [2.24, 2.45) is 5.73 Å². The van der Waals surface area contributed by atoms with E-state index in [1.54, 1.807) is 17.0 Å². The molecule has 1 aromatic carbocycles. The molecular weight excluding hydrogens is 324 g/mol. The number of nitrogens with zero attached hydrogens (tertiary/aromatic N) is 1. The topological polar surface area (TPSA) is 72.6 Å². The van der Waals surface area contributed by atoms with Crippen LogP contribution in [-0.2, 0) is 4.74 Å². The van der Waals surface area contributed by atoms with Gasteiger partial charge in [0, 0.05) is 11.0 Å². The molecule has 1 atom stereocenters. The second kappa shape index (κ2) is 6.26. The Morgan fingerprint density at radius 2 is 2.20 bits per heavy atom. The number of carbonyl (C=O) groups excluding carboxylic acids is 2. The number of benzene rings is 1. The van der Waals surface area contributed by atoms with Crippen molar-refractivity contribution in [2.75, 3.05) is 13.2 Å². The lowest BCUT2D eigenvalue weighted by molar-refractivity contribution is 0.0422. The van der Waals surface area contributed by atoms with Crippen LogP contribution < -0.4 is 5.73 Å². The van der Waals surface area contributed by atoms with E-state index in [0.29, 0.717) is 12.1 Å². The van der Waals surface area contributed by atoms with E-state index in [0.717, 1.165) is 22.9 Å². The number of halogens is 1. The summed E-state index contributed by atoms with van der Waals surface area (Å²) in [5.74, 6) is -0.384. The third-order valence-electron chi connectivity index (χ3n) is 3.34. The zero-order valence-corrected chi connectivity index (χ0v) is 12.9. The summed E-state index contributed by atoms with van der Waals surface area (Å²) in [6, 6.07) is 4.85. The molecule has 5 nitrogen and oxygen atoms in total. The minimum Gasteiger partial charge on any atom is -0.460 e. The van der Waals surface area contributed by atoms with Gasteiger partial charge in [-0.3, -0.25) is 0 Å². The molecule has 2 rings (SSSR count). The van der Waals surface area contributed by atoms with Crippen molar-refractivity contribution in [2.45, 2.75) is 25.8 Å². The number of urea groups is 1. The molecular formula is C14H17BrN2O3. The number of ether oxygens (including phenoxy) is 1. The summed E-state index contributed by atoms with van der Waals surface area (Å²) in [5.41, 5.74) is 6.76. The molecule has 0 bridgehead atoms. The van der Waals surface area contributed by atoms with Crippen LogP contribution in [0.4, 0.5) is 4.79 Å². The fourth-order valence-corrected chi connectivity index (χ4v) is 3.02. The highest BCUT2D eigenvalue weighted by molar-refractivity contribution is 9.10. The quantitative estimate of drug-likeness (QED) is 0.859. The Morgan fingerprint density at radius 1 is 1.45 bits per heavy atom. The Kier molecular flexibility index (Phi) is 4.65. The Labute approximate surface area is 126 Å². The summed E-state index contributed by atoms with van der Waals surface area (Å²) in [5, 5.41) is 0. The molecule has 0 aromatic heterocycles. The van der Waals surface area contributed by atoms with Gasteiger partial charge in [-0.05, 0) is 43.5 Å². The maximum atomic E-state index is 12.0. The molecule has 0 spiro atoms. The van der Waals surface area contributed by atoms with Crippen LogP contribution in [0.2, 0.25) is 0 Å². The number of primary amides is 1. The summed E-state index contributed by atoms with van der Waals surface area (Å²) in [6.07, 6.45) is 1.70. The van der Waals surface area contributed by atoms with E-state index in [4.69, 9.17) is 10.5 Å². The summed E-state index contributed by atoms with van der Waals surface area (Å²) in [4.78, 5) is 24.8. The van der Waals surface area contributed by atoms with Crippen LogP contribution in [-0.4, -0.2) is 36.1 Å². The number of hydrogen-bond acceptors (Lipinski definition) is 3. The molecule has 20 heavy (non-hydrogen) atoms. The van der Waals surface area contributed by atoms with Gasteiger partial charge in [0.25, 0.3) is 0 Å². The Balaban J connectivity index is 1.96.